The molecule has 2 N–H and O–H groups in total. The summed E-state index contributed by atoms with van der Waals surface area (Å²) in [6, 6.07) is 14.5. The average Bonchev–Trinajstić information content (AvgIpc) is 3.05. The first-order valence-corrected chi connectivity index (χ1v) is 11.5. The molecule has 0 bridgehead atoms. The van der Waals surface area contributed by atoms with Crippen LogP contribution in [0.15, 0.2) is 59.1 Å². The van der Waals surface area contributed by atoms with Crippen molar-refractivity contribution in [3.8, 4) is 6.07 Å². The topological polar surface area (TPSA) is 108 Å². The van der Waals surface area contributed by atoms with Gasteiger partial charge in [-0.05, 0) is 48.9 Å². The van der Waals surface area contributed by atoms with Crippen LogP contribution in [0.5, 0.6) is 0 Å². The van der Waals surface area contributed by atoms with Crippen LogP contribution in [-0.2, 0) is 21.4 Å². The minimum Gasteiger partial charge on any atom is -0.364 e. The fourth-order valence-electron chi connectivity index (χ4n) is 3.14. The molecule has 1 atom stereocenters. The molecule has 2 aromatic rings. The number of nitrogens with zero attached hydrogens (tertiary/aromatic N) is 3. The summed E-state index contributed by atoms with van der Waals surface area (Å²) in [6.07, 6.45) is 1.01. The summed E-state index contributed by atoms with van der Waals surface area (Å²) < 4.78 is 39.5. The highest BCUT2D eigenvalue weighted by Crippen LogP contribution is 2.43. The predicted octanol–water partition coefficient (Wildman–Crippen LogP) is 2.71. The van der Waals surface area contributed by atoms with E-state index < -0.39 is 21.4 Å². The van der Waals surface area contributed by atoms with E-state index in [-0.39, 0.29) is 18.1 Å². The molecule has 3 rings (SSSR count). The molecule has 1 amide bonds. The van der Waals surface area contributed by atoms with Gasteiger partial charge in [0.2, 0.25) is 10.0 Å². The van der Waals surface area contributed by atoms with Crippen LogP contribution in [0, 0.1) is 17.1 Å². The lowest BCUT2D eigenvalue weighted by Gasteiger charge is -2.36. The van der Waals surface area contributed by atoms with Crippen molar-refractivity contribution in [3.63, 3.8) is 0 Å². The summed E-state index contributed by atoms with van der Waals surface area (Å²) in [5, 5.41) is 9.07. The van der Waals surface area contributed by atoms with E-state index >= 15 is 0 Å². The normalized spacial score (nSPS) is 16.5. The van der Waals surface area contributed by atoms with Crippen LogP contribution in [0.4, 0.5) is 10.1 Å². The molecule has 0 aliphatic carbocycles. The number of sulfonamides is 1. The smallest absolute Gasteiger partial charge is 0.266 e. The number of primary amides is 1. The zero-order valence-corrected chi connectivity index (χ0v) is 17.9. The standard InChI is InChI=1S/C20H19FN4O3S2/c1-13-18(19(23)26)25(30(2,27)28)20(29-13)24(12-15-3-7-16(21)8-4-15)17-9-5-14(11-22)6-10-17/h3-10,20H,12H2,1-2H3,(H2,23,26). The molecule has 0 fully saturated rings. The molecule has 0 aromatic heterocycles. The van der Waals surface area contributed by atoms with Gasteiger partial charge in [-0.2, -0.15) is 5.26 Å². The van der Waals surface area contributed by atoms with Crippen LogP contribution in [0.25, 0.3) is 0 Å². The molecule has 7 nitrogen and oxygen atoms in total. The summed E-state index contributed by atoms with van der Waals surface area (Å²) in [4.78, 5) is 14.2. The van der Waals surface area contributed by atoms with E-state index in [4.69, 9.17) is 11.0 Å². The van der Waals surface area contributed by atoms with Crippen molar-refractivity contribution in [2.24, 2.45) is 5.73 Å². The molecule has 0 saturated carbocycles. The van der Waals surface area contributed by atoms with Gasteiger partial charge in [0.05, 0.1) is 17.9 Å². The van der Waals surface area contributed by atoms with Crippen molar-refractivity contribution in [1.29, 1.82) is 5.26 Å². The summed E-state index contributed by atoms with van der Waals surface area (Å²) in [5.41, 5.74) is 6.39. The molecule has 0 radical (unpaired) electrons. The van der Waals surface area contributed by atoms with Crippen LogP contribution in [0.2, 0.25) is 0 Å². The Labute approximate surface area is 178 Å². The van der Waals surface area contributed by atoms with Gasteiger partial charge in [0, 0.05) is 17.1 Å². The van der Waals surface area contributed by atoms with Gasteiger partial charge in [-0.3, -0.25) is 4.79 Å². The zero-order chi connectivity index (χ0) is 22.1. The lowest BCUT2D eigenvalue weighted by molar-refractivity contribution is -0.115. The predicted molar refractivity (Wildman–Crippen MR) is 114 cm³/mol. The van der Waals surface area contributed by atoms with Gasteiger partial charge in [-0.25, -0.2) is 17.1 Å². The average molecular weight is 447 g/mol. The molecule has 156 valence electrons. The second kappa shape index (κ2) is 8.38. The van der Waals surface area contributed by atoms with Gasteiger partial charge >= 0.3 is 0 Å². The van der Waals surface area contributed by atoms with E-state index in [9.17, 15) is 17.6 Å². The lowest BCUT2D eigenvalue weighted by atomic mass is 10.1. The molecule has 0 saturated heterocycles. The van der Waals surface area contributed by atoms with Gasteiger partial charge in [-0.15, -0.1) is 0 Å². The molecule has 1 aliphatic rings. The third-order valence-corrected chi connectivity index (χ3v) is 6.94. The summed E-state index contributed by atoms with van der Waals surface area (Å²) in [5.74, 6) is -1.22. The van der Waals surface area contributed by atoms with Gasteiger partial charge in [0.15, 0.2) is 5.50 Å². The van der Waals surface area contributed by atoms with Crippen LogP contribution in [-0.4, -0.2) is 30.4 Å². The van der Waals surface area contributed by atoms with E-state index in [0.29, 0.717) is 16.2 Å². The van der Waals surface area contributed by atoms with Gasteiger partial charge in [-0.1, -0.05) is 23.9 Å². The number of carbonyl (C=O) groups excluding carboxylic acids is 1. The number of allylic oxidation sites excluding steroid dienone is 1. The van der Waals surface area contributed by atoms with Crippen LogP contribution < -0.4 is 10.6 Å². The Morgan fingerprint density at radius 1 is 1.23 bits per heavy atom. The number of carbonyl (C=O) groups is 1. The Balaban J connectivity index is 2.09. The number of rotatable bonds is 6. The first-order valence-electron chi connectivity index (χ1n) is 8.80. The number of nitriles is 1. The number of benzene rings is 2. The highest BCUT2D eigenvalue weighted by atomic mass is 32.2. The molecule has 1 aliphatic heterocycles. The number of thioether (sulfide) groups is 1. The van der Waals surface area contributed by atoms with Crippen LogP contribution in [0.3, 0.4) is 0 Å². The number of nitrogens with two attached hydrogens (primary N) is 1. The van der Waals surface area contributed by atoms with Gasteiger partial charge in [0.25, 0.3) is 5.91 Å². The maximum absolute atomic E-state index is 13.3. The summed E-state index contributed by atoms with van der Waals surface area (Å²) in [7, 11) is -3.84. The minimum atomic E-state index is -3.84. The molecule has 30 heavy (non-hydrogen) atoms. The van der Waals surface area contributed by atoms with E-state index in [1.165, 1.54) is 23.9 Å². The van der Waals surface area contributed by atoms with Crippen molar-refractivity contribution < 1.29 is 17.6 Å². The van der Waals surface area contributed by atoms with Crippen LogP contribution >= 0.6 is 11.8 Å². The zero-order valence-electron chi connectivity index (χ0n) is 16.2. The maximum atomic E-state index is 13.3. The molecule has 1 unspecified atom stereocenters. The second-order valence-corrected chi connectivity index (χ2v) is 9.81. The number of hydrogen-bond donors (Lipinski definition) is 1. The van der Waals surface area contributed by atoms with E-state index in [2.05, 4.69) is 0 Å². The van der Waals surface area contributed by atoms with Gasteiger partial charge < -0.3 is 10.6 Å². The second-order valence-electron chi connectivity index (χ2n) is 6.69. The summed E-state index contributed by atoms with van der Waals surface area (Å²) >= 11 is 1.18. The Kier molecular flexibility index (Phi) is 6.05. The number of halogens is 1. The SMILES string of the molecule is CC1=C(C(N)=O)N(S(C)(=O)=O)C(N(Cc2ccc(F)cc2)c2ccc(C#N)cc2)S1. The monoisotopic (exact) mass is 446 g/mol. The fraction of sp³-hybridized carbons (Fsp3) is 0.200. The summed E-state index contributed by atoms with van der Waals surface area (Å²) in [6.45, 7) is 1.87. The number of anilines is 1. The molecule has 0 spiro atoms. The third kappa shape index (κ3) is 4.42. The first-order chi connectivity index (χ1) is 14.1. The van der Waals surface area contributed by atoms with Crippen molar-refractivity contribution >= 4 is 33.4 Å². The Morgan fingerprint density at radius 2 is 1.83 bits per heavy atom. The van der Waals surface area contributed by atoms with Crippen molar-refractivity contribution in [1.82, 2.24) is 4.31 Å². The molecular formula is C20H19FN4O3S2. The molecule has 2 aromatic carbocycles. The highest BCUT2D eigenvalue weighted by molar-refractivity contribution is 8.04. The van der Waals surface area contributed by atoms with Crippen LogP contribution in [0.1, 0.15) is 18.1 Å². The third-order valence-electron chi connectivity index (χ3n) is 4.49. The Hall–Kier alpha value is -3.03. The van der Waals surface area contributed by atoms with Crippen molar-refractivity contribution in [2.75, 3.05) is 11.2 Å². The van der Waals surface area contributed by atoms with Crippen molar-refractivity contribution in [3.05, 3.63) is 76.1 Å². The lowest BCUT2D eigenvalue weighted by Crippen LogP contribution is -2.47. The van der Waals surface area contributed by atoms with E-state index in [0.717, 1.165) is 16.1 Å². The minimum absolute atomic E-state index is 0.0785. The number of hydrogen-bond acceptors (Lipinski definition) is 6. The van der Waals surface area contributed by atoms with E-state index in [1.807, 2.05) is 6.07 Å². The fourth-order valence-corrected chi connectivity index (χ4v) is 5.95. The maximum Gasteiger partial charge on any atom is 0.266 e. The molecular weight excluding hydrogens is 427 g/mol. The highest BCUT2D eigenvalue weighted by Gasteiger charge is 2.42. The molecule has 1 heterocycles. The first kappa shape index (κ1) is 21.7. The van der Waals surface area contributed by atoms with E-state index in [1.54, 1.807) is 48.2 Å². The largest absolute Gasteiger partial charge is 0.364 e. The number of amides is 1. The molecule has 10 heteroatoms. The van der Waals surface area contributed by atoms with Crippen molar-refractivity contribution in [2.45, 2.75) is 19.0 Å². The Bertz CT molecular complexity index is 1140. The van der Waals surface area contributed by atoms with Gasteiger partial charge in [0.1, 0.15) is 11.5 Å². The Morgan fingerprint density at radius 3 is 2.33 bits per heavy atom. The quantitative estimate of drug-likeness (QED) is 0.731.